The highest BCUT2D eigenvalue weighted by atomic mass is 16.4. The monoisotopic (exact) mass is 304 g/mol. The summed E-state index contributed by atoms with van der Waals surface area (Å²) in [6, 6.07) is 0. The molecule has 3 rings (SSSR count). The molecule has 22 heavy (non-hydrogen) atoms. The summed E-state index contributed by atoms with van der Waals surface area (Å²) in [6.45, 7) is 6.96. The summed E-state index contributed by atoms with van der Waals surface area (Å²) in [5.41, 5.74) is 3.27. The van der Waals surface area contributed by atoms with Gasteiger partial charge in [-0.1, -0.05) is 31.4 Å². The Morgan fingerprint density at radius 1 is 1.14 bits per heavy atom. The van der Waals surface area contributed by atoms with Crippen LogP contribution >= 0.6 is 0 Å². The van der Waals surface area contributed by atoms with Gasteiger partial charge in [0.2, 0.25) is 0 Å². The third kappa shape index (κ3) is 2.98. The van der Waals surface area contributed by atoms with Crippen LogP contribution in [0.25, 0.3) is 0 Å². The van der Waals surface area contributed by atoms with Gasteiger partial charge in [0.15, 0.2) is 0 Å². The van der Waals surface area contributed by atoms with Crippen molar-refractivity contribution in [1.82, 2.24) is 0 Å². The van der Waals surface area contributed by atoms with E-state index in [2.05, 4.69) is 20.8 Å². The molecule has 0 amide bonds. The second-order valence-corrected chi connectivity index (χ2v) is 8.46. The van der Waals surface area contributed by atoms with E-state index in [1.54, 1.807) is 11.1 Å². The molecule has 124 valence electrons. The summed E-state index contributed by atoms with van der Waals surface area (Å²) in [5, 5.41) is 9.83. The molecule has 2 nitrogen and oxygen atoms in total. The zero-order valence-corrected chi connectivity index (χ0v) is 14.5. The Hall–Kier alpha value is -0.790. The molecule has 0 radical (unpaired) electrons. The molecule has 0 heterocycles. The van der Waals surface area contributed by atoms with Crippen LogP contribution in [0, 0.1) is 35.5 Å². The lowest BCUT2D eigenvalue weighted by Gasteiger charge is -2.38. The summed E-state index contributed by atoms with van der Waals surface area (Å²) in [4.78, 5) is 11.9. The molecular weight excluding hydrogens is 272 g/mol. The highest BCUT2D eigenvalue weighted by molar-refractivity contribution is 5.70. The van der Waals surface area contributed by atoms with Gasteiger partial charge in [-0.15, -0.1) is 0 Å². The van der Waals surface area contributed by atoms with Gasteiger partial charge in [-0.3, -0.25) is 4.79 Å². The average Bonchev–Trinajstić information content (AvgIpc) is 2.74. The van der Waals surface area contributed by atoms with E-state index in [9.17, 15) is 9.90 Å². The van der Waals surface area contributed by atoms with Gasteiger partial charge in [0.1, 0.15) is 0 Å². The van der Waals surface area contributed by atoms with Crippen molar-refractivity contribution in [3.8, 4) is 0 Å². The van der Waals surface area contributed by atoms with E-state index in [0.29, 0.717) is 17.8 Å². The number of hydrogen-bond acceptors (Lipinski definition) is 1. The number of aliphatic carboxylic acids is 1. The van der Waals surface area contributed by atoms with Crippen molar-refractivity contribution >= 4 is 5.97 Å². The SMILES string of the molecule is CC1=C2CCC(C)C2CC([C@H](CC2CCC2C)C(=O)O)CC1. The van der Waals surface area contributed by atoms with E-state index in [-0.39, 0.29) is 5.92 Å². The maximum Gasteiger partial charge on any atom is 0.306 e. The van der Waals surface area contributed by atoms with Gasteiger partial charge in [0, 0.05) is 0 Å². The Balaban J connectivity index is 1.73. The van der Waals surface area contributed by atoms with Gasteiger partial charge in [-0.05, 0) is 81.5 Å². The topological polar surface area (TPSA) is 37.3 Å². The van der Waals surface area contributed by atoms with Gasteiger partial charge in [0.05, 0.1) is 5.92 Å². The van der Waals surface area contributed by atoms with Crippen molar-refractivity contribution in [2.24, 2.45) is 35.5 Å². The second-order valence-electron chi connectivity index (χ2n) is 8.46. The quantitative estimate of drug-likeness (QED) is 0.717. The summed E-state index contributed by atoms with van der Waals surface area (Å²) in [6.07, 6.45) is 9.40. The first-order chi connectivity index (χ1) is 10.5. The Bertz CT molecular complexity index is 464. The van der Waals surface area contributed by atoms with Crippen LogP contribution in [0.1, 0.15) is 72.1 Å². The molecule has 1 N–H and O–H groups in total. The third-order valence-electron chi connectivity index (χ3n) is 7.24. The van der Waals surface area contributed by atoms with Crippen molar-refractivity contribution < 1.29 is 9.90 Å². The molecule has 0 spiro atoms. The Kier molecular flexibility index (Phi) is 4.66. The van der Waals surface area contributed by atoms with E-state index in [1.165, 1.54) is 25.7 Å². The number of allylic oxidation sites excluding steroid dienone is 2. The maximum absolute atomic E-state index is 11.9. The predicted molar refractivity (Wildman–Crippen MR) is 89.6 cm³/mol. The number of fused-ring (bicyclic) bond motifs is 1. The summed E-state index contributed by atoms with van der Waals surface area (Å²) < 4.78 is 0. The van der Waals surface area contributed by atoms with Gasteiger partial charge < -0.3 is 5.11 Å². The fraction of sp³-hybridized carbons (Fsp3) is 0.850. The fourth-order valence-electron chi connectivity index (χ4n) is 5.30. The molecule has 3 aliphatic rings. The highest BCUT2D eigenvalue weighted by Crippen LogP contribution is 2.49. The summed E-state index contributed by atoms with van der Waals surface area (Å²) >= 11 is 0. The van der Waals surface area contributed by atoms with Crippen molar-refractivity contribution in [3.63, 3.8) is 0 Å². The van der Waals surface area contributed by atoms with Crippen LogP contribution < -0.4 is 0 Å². The van der Waals surface area contributed by atoms with E-state index >= 15 is 0 Å². The fourth-order valence-corrected chi connectivity index (χ4v) is 5.30. The van der Waals surface area contributed by atoms with Crippen LogP contribution in [0.4, 0.5) is 0 Å². The minimum atomic E-state index is -0.532. The van der Waals surface area contributed by atoms with E-state index in [0.717, 1.165) is 37.5 Å². The standard InChI is InChI=1S/C20H32O2/c1-12-4-7-15(12)10-19(20(21)22)16-8-5-13(2)17-9-6-14(3)18(17)11-16/h12,14-16,18-19H,4-11H2,1-3H3,(H,21,22)/t12?,14?,15?,16?,18?,19-/m0/s1. The molecule has 0 aromatic carbocycles. The second kappa shape index (κ2) is 6.37. The van der Waals surface area contributed by atoms with Gasteiger partial charge in [-0.25, -0.2) is 0 Å². The Labute approximate surface area is 135 Å². The molecular formula is C20H32O2. The molecule has 2 fully saturated rings. The first-order valence-electron chi connectivity index (χ1n) is 9.38. The number of carboxylic acids is 1. The zero-order chi connectivity index (χ0) is 15.9. The lowest BCUT2D eigenvalue weighted by atomic mass is 9.67. The molecule has 6 atom stereocenters. The number of rotatable bonds is 4. The molecule has 0 bridgehead atoms. The first kappa shape index (κ1) is 16.1. The predicted octanol–water partition coefficient (Wildman–Crippen LogP) is 5.29. The Morgan fingerprint density at radius 3 is 2.50 bits per heavy atom. The van der Waals surface area contributed by atoms with Crippen LogP contribution in [0.15, 0.2) is 11.1 Å². The minimum absolute atomic E-state index is 0.104. The van der Waals surface area contributed by atoms with E-state index in [1.807, 2.05) is 0 Å². The molecule has 2 saturated carbocycles. The molecule has 2 heteroatoms. The van der Waals surface area contributed by atoms with Crippen molar-refractivity contribution in [2.45, 2.75) is 72.1 Å². The van der Waals surface area contributed by atoms with E-state index in [4.69, 9.17) is 0 Å². The number of hydrogen-bond donors (Lipinski definition) is 1. The van der Waals surface area contributed by atoms with Crippen LogP contribution in [-0.4, -0.2) is 11.1 Å². The number of carbonyl (C=O) groups is 1. The van der Waals surface area contributed by atoms with Crippen LogP contribution in [0.3, 0.4) is 0 Å². The summed E-state index contributed by atoms with van der Waals surface area (Å²) in [5.74, 6) is 2.59. The lowest BCUT2D eigenvalue weighted by Crippen LogP contribution is -2.33. The minimum Gasteiger partial charge on any atom is -0.481 e. The van der Waals surface area contributed by atoms with Crippen LogP contribution in [0.5, 0.6) is 0 Å². The average molecular weight is 304 g/mol. The third-order valence-corrected chi connectivity index (χ3v) is 7.24. The number of carboxylic acid groups (broad SMARTS) is 1. The van der Waals surface area contributed by atoms with Gasteiger partial charge in [-0.2, -0.15) is 0 Å². The van der Waals surface area contributed by atoms with Gasteiger partial charge in [0.25, 0.3) is 0 Å². The Morgan fingerprint density at radius 2 is 1.91 bits per heavy atom. The van der Waals surface area contributed by atoms with Crippen molar-refractivity contribution in [2.75, 3.05) is 0 Å². The molecule has 3 aliphatic carbocycles. The molecule has 0 aliphatic heterocycles. The van der Waals surface area contributed by atoms with Gasteiger partial charge >= 0.3 is 5.97 Å². The lowest BCUT2D eigenvalue weighted by molar-refractivity contribution is -0.145. The molecule has 0 aromatic rings. The summed E-state index contributed by atoms with van der Waals surface area (Å²) in [7, 11) is 0. The molecule has 0 saturated heterocycles. The largest absolute Gasteiger partial charge is 0.481 e. The highest BCUT2D eigenvalue weighted by Gasteiger charge is 2.40. The van der Waals surface area contributed by atoms with Crippen molar-refractivity contribution in [3.05, 3.63) is 11.1 Å². The normalized spacial score (nSPS) is 39.9. The van der Waals surface area contributed by atoms with Crippen LogP contribution in [-0.2, 0) is 4.79 Å². The first-order valence-corrected chi connectivity index (χ1v) is 9.38. The zero-order valence-electron chi connectivity index (χ0n) is 14.5. The van der Waals surface area contributed by atoms with Crippen LogP contribution in [0.2, 0.25) is 0 Å². The van der Waals surface area contributed by atoms with E-state index < -0.39 is 5.97 Å². The molecule has 0 aromatic heterocycles. The maximum atomic E-state index is 11.9. The van der Waals surface area contributed by atoms with Crippen molar-refractivity contribution in [1.29, 1.82) is 0 Å². The smallest absolute Gasteiger partial charge is 0.306 e. The molecule has 5 unspecified atom stereocenters.